The quantitative estimate of drug-likeness (QED) is 0.754. The van der Waals surface area contributed by atoms with Gasteiger partial charge in [-0.1, -0.05) is 19.1 Å². The lowest BCUT2D eigenvalue weighted by Crippen LogP contribution is -2.29. The van der Waals surface area contributed by atoms with Crippen LogP contribution in [0.25, 0.3) is 0 Å². The molecule has 0 aliphatic heterocycles. The molecule has 0 bridgehead atoms. The largest absolute Gasteiger partial charge is 0.359 e. The van der Waals surface area contributed by atoms with Crippen molar-refractivity contribution in [3.63, 3.8) is 0 Å². The van der Waals surface area contributed by atoms with Crippen LogP contribution in [0, 0.1) is 13.8 Å². The summed E-state index contributed by atoms with van der Waals surface area (Å²) in [4.78, 5) is 4.60. The number of nitrogens with zero attached hydrogens (tertiary/aromatic N) is 2. The zero-order valence-electron chi connectivity index (χ0n) is 12.9. The highest BCUT2D eigenvalue weighted by Gasteiger charge is 2.16. The van der Waals surface area contributed by atoms with E-state index in [1.807, 2.05) is 26.0 Å². The molecule has 1 aromatic carbocycles. The summed E-state index contributed by atoms with van der Waals surface area (Å²) in [5, 5.41) is 3.78. The average molecular weight is 340 g/mol. The predicted molar refractivity (Wildman–Crippen MR) is 88.9 cm³/mol. The Morgan fingerprint density at radius 3 is 2.68 bits per heavy atom. The molecule has 0 saturated carbocycles. The maximum Gasteiger partial charge on any atom is 0.240 e. The van der Waals surface area contributed by atoms with Gasteiger partial charge in [0.05, 0.1) is 4.90 Å². The number of hydrogen-bond acceptors (Lipinski definition) is 6. The molecule has 120 valence electrons. The van der Waals surface area contributed by atoms with Crippen LogP contribution >= 0.6 is 11.5 Å². The van der Waals surface area contributed by atoms with Crippen molar-refractivity contribution in [3.8, 4) is 0 Å². The van der Waals surface area contributed by atoms with Gasteiger partial charge in [0, 0.05) is 31.0 Å². The first-order valence-corrected chi connectivity index (χ1v) is 9.31. The second-order valence-corrected chi connectivity index (χ2v) is 7.45. The van der Waals surface area contributed by atoms with E-state index >= 15 is 0 Å². The third-order valence-electron chi connectivity index (χ3n) is 3.11. The Bertz CT molecular complexity index is 741. The van der Waals surface area contributed by atoms with Gasteiger partial charge in [0.1, 0.15) is 5.82 Å². The second-order valence-electron chi connectivity index (χ2n) is 4.96. The number of aryl methyl sites for hydroxylation is 3. The van der Waals surface area contributed by atoms with Crippen LogP contribution in [0.1, 0.15) is 23.9 Å². The lowest BCUT2D eigenvalue weighted by Gasteiger charge is -2.10. The van der Waals surface area contributed by atoms with E-state index in [9.17, 15) is 8.42 Å². The minimum absolute atomic E-state index is 0.288. The Balaban J connectivity index is 1.91. The van der Waals surface area contributed by atoms with Gasteiger partial charge in [-0.3, -0.25) is 0 Å². The molecule has 22 heavy (non-hydrogen) atoms. The van der Waals surface area contributed by atoms with E-state index in [0.29, 0.717) is 16.6 Å². The highest BCUT2D eigenvalue weighted by Crippen LogP contribution is 2.16. The Kier molecular flexibility index (Phi) is 5.49. The number of rotatable bonds is 7. The van der Waals surface area contributed by atoms with Gasteiger partial charge in [0.2, 0.25) is 15.2 Å². The number of anilines is 1. The maximum atomic E-state index is 12.3. The second kappa shape index (κ2) is 7.17. The smallest absolute Gasteiger partial charge is 0.240 e. The van der Waals surface area contributed by atoms with Crippen LogP contribution in [0.3, 0.4) is 0 Å². The molecular weight excluding hydrogens is 320 g/mol. The lowest BCUT2D eigenvalue weighted by atomic mass is 10.2. The van der Waals surface area contributed by atoms with E-state index in [0.717, 1.165) is 23.4 Å². The molecule has 0 aliphatic rings. The molecule has 0 radical (unpaired) electrons. The molecule has 8 heteroatoms. The molecule has 0 amide bonds. The van der Waals surface area contributed by atoms with Crippen LogP contribution in [0.4, 0.5) is 5.13 Å². The zero-order chi connectivity index (χ0) is 16.2. The van der Waals surface area contributed by atoms with Gasteiger partial charge < -0.3 is 5.32 Å². The van der Waals surface area contributed by atoms with Crippen molar-refractivity contribution in [1.29, 1.82) is 0 Å². The highest BCUT2D eigenvalue weighted by molar-refractivity contribution is 7.89. The number of aromatic nitrogens is 2. The molecule has 2 N–H and O–H groups in total. The molecular formula is C14H20N4O2S2. The molecule has 0 fully saturated rings. The Labute approximate surface area is 135 Å². The first kappa shape index (κ1) is 16.9. The van der Waals surface area contributed by atoms with E-state index in [2.05, 4.69) is 19.4 Å². The lowest BCUT2D eigenvalue weighted by molar-refractivity contribution is 0.582. The van der Waals surface area contributed by atoms with Crippen molar-refractivity contribution in [1.82, 2.24) is 14.1 Å². The van der Waals surface area contributed by atoms with E-state index < -0.39 is 10.0 Å². The minimum Gasteiger partial charge on any atom is -0.359 e. The molecule has 0 spiro atoms. The topological polar surface area (TPSA) is 84.0 Å². The number of benzene rings is 1. The fourth-order valence-corrected chi connectivity index (χ4v) is 3.93. The zero-order valence-corrected chi connectivity index (χ0v) is 14.5. The van der Waals surface area contributed by atoms with Crippen molar-refractivity contribution in [2.75, 3.05) is 18.4 Å². The minimum atomic E-state index is -3.49. The average Bonchev–Trinajstić information content (AvgIpc) is 2.94. The molecule has 6 nitrogen and oxygen atoms in total. The van der Waals surface area contributed by atoms with Gasteiger partial charge in [0.25, 0.3) is 0 Å². The predicted octanol–water partition coefficient (Wildman–Crippen LogP) is 2.11. The molecule has 0 aliphatic carbocycles. The molecule has 0 saturated heterocycles. The van der Waals surface area contributed by atoms with Crippen LogP contribution in [0.15, 0.2) is 23.1 Å². The van der Waals surface area contributed by atoms with Crippen LogP contribution in [0.5, 0.6) is 0 Å². The Hall–Kier alpha value is -1.51. The van der Waals surface area contributed by atoms with Crippen molar-refractivity contribution in [2.24, 2.45) is 0 Å². The fraction of sp³-hybridized carbons (Fsp3) is 0.429. The number of nitrogens with one attached hydrogen (secondary N) is 2. The highest BCUT2D eigenvalue weighted by atomic mass is 32.2. The van der Waals surface area contributed by atoms with Crippen LogP contribution in [0.2, 0.25) is 0 Å². The van der Waals surface area contributed by atoms with Gasteiger partial charge in [-0.05, 0) is 31.0 Å². The van der Waals surface area contributed by atoms with E-state index in [4.69, 9.17) is 0 Å². The third kappa shape index (κ3) is 4.25. The molecule has 1 heterocycles. The molecule has 2 rings (SSSR count). The summed E-state index contributed by atoms with van der Waals surface area (Å²) in [6.07, 6.45) is 0.789. The molecule has 0 unspecified atom stereocenters. The first-order valence-electron chi connectivity index (χ1n) is 7.05. The van der Waals surface area contributed by atoms with Gasteiger partial charge in [-0.25, -0.2) is 18.1 Å². The molecule has 0 atom stereocenters. The molecule has 2 aromatic rings. The third-order valence-corrected chi connectivity index (χ3v) is 5.42. The van der Waals surface area contributed by atoms with Gasteiger partial charge >= 0.3 is 0 Å². The van der Waals surface area contributed by atoms with Crippen LogP contribution < -0.4 is 10.0 Å². The van der Waals surface area contributed by atoms with Crippen LogP contribution in [-0.4, -0.2) is 30.9 Å². The van der Waals surface area contributed by atoms with E-state index in [-0.39, 0.29) is 6.54 Å². The summed E-state index contributed by atoms with van der Waals surface area (Å²) < 4.78 is 31.4. The van der Waals surface area contributed by atoms with Crippen molar-refractivity contribution >= 4 is 26.7 Å². The van der Waals surface area contributed by atoms with E-state index in [1.54, 1.807) is 13.0 Å². The number of hydrogen-bond donors (Lipinski definition) is 2. The van der Waals surface area contributed by atoms with Crippen molar-refractivity contribution in [2.45, 2.75) is 32.1 Å². The Morgan fingerprint density at radius 2 is 2.00 bits per heavy atom. The first-order chi connectivity index (χ1) is 10.4. The summed E-state index contributed by atoms with van der Waals surface area (Å²) in [6, 6.07) is 5.40. The van der Waals surface area contributed by atoms with Crippen molar-refractivity contribution in [3.05, 3.63) is 35.2 Å². The Morgan fingerprint density at radius 1 is 1.23 bits per heavy atom. The van der Waals surface area contributed by atoms with Gasteiger partial charge in [0.15, 0.2) is 0 Å². The number of sulfonamides is 1. The normalized spacial score (nSPS) is 11.6. The summed E-state index contributed by atoms with van der Waals surface area (Å²) in [5.41, 5.74) is 1.66. The van der Waals surface area contributed by atoms with Gasteiger partial charge in [-0.2, -0.15) is 4.37 Å². The summed E-state index contributed by atoms with van der Waals surface area (Å²) in [6.45, 7) is 6.41. The molecule has 1 aromatic heterocycles. The monoisotopic (exact) mass is 340 g/mol. The summed E-state index contributed by atoms with van der Waals surface area (Å²) in [7, 11) is -3.49. The maximum absolute atomic E-state index is 12.3. The van der Waals surface area contributed by atoms with Crippen molar-refractivity contribution < 1.29 is 8.42 Å². The fourth-order valence-electron chi connectivity index (χ4n) is 1.90. The van der Waals surface area contributed by atoms with Gasteiger partial charge in [-0.15, -0.1) is 0 Å². The van der Waals surface area contributed by atoms with E-state index in [1.165, 1.54) is 11.5 Å². The SMILES string of the molecule is CCc1nsc(NCCNS(=O)(=O)c2cc(C)ccc2C)n1. The summed E-state index contributed by atoms with van der Waals surface area (Å²) in [5.74, 6) is 0.795. The van der Waals surface area contributed by atoms with Crippen LogP contribution in [-0.2, 0) is 16.4 Å². The standard InChI is InChI=1S/C14H20N4O2S2/c1-4-13-17-14(21-18-13)15-7-8-16-22(19,20)12-9-10(2)5-6-11(12)3/h5-6,9,16H,4,7-8H2,1-3H3,(H,15,17,18). The summed E-state index contributed by atoms with van der Waals surface area (Å²) >= 11 is 1.28.